The van der Waals surface area contributed by atoms with E-state index in [1.165, 1.54) is 5.56 Å². The minimum Gasteiger partial charge on any atom is -0.309 e. The maximum absolute atomic E-state index is 12.2. The summed E-state index contributed by atoms with van der Waals surface area (Å²) in [5.74, 6) is 0. The van der Waals surface area contributed by atoms with Crippen molar-refractivity contribution in [3.63, 3.8) is 0 Å². The molecule has 0 saturated carbocycles. The van der Waals surface area contributed by atoms with Crippen LogP contribution in [0.5, 0.6) is 0 Å². The van der Waals surface area contributed by atoms with E-state index in [4.69, 9.17) is 0 Å². The van der Waals surface area contributed by atoms with Crippen LogP contribution in [0.3, 0.4) is 0 Å². The summed E-state index contributed by atoms with van der Waals surface area (Å²) in [6.45, 7) is 9.07. The Morgan fingerprint density at radius 3 is 2.24 bits per heavy atom. The van der Waals surface area contributed by atoms with Gasteiger partial charge in [-0.15, -0.1) is 0 Å². The number of hydrogen-bond donors (Lipinski definition) is 1. The van der Waals surface area contributed by atoms with E-state index in [1.54, 1.807) is 0 Å². The minimum absolute atomic E-state index is 0.123. The Hall–Kier alpha value is -0.670. The third-order valence-electron chi connectivity index (χ3n) is 2.88. The van der Waals surface area contributed by atoms with Gasteiger partial charge in [-0.25, -0.2) is 0 Å². The van der Waals surface area contributed by atoms with Gasteiger partial charge in [-0.1, -0.05) is 51.1 Å². The lowest BCUT2D eigenvalue weighted by atomic mass is 10.0. The molecule has 0 saturated heterocycles. The molecule has 17 heavy (non-hydrogen) atoms. The predicted molar refractivity (Wildman–Crippen MR) is 75.6 cm³/mol. The molecular weight excluding hydrogens is 230 g/mol. The van der Waals surface area contributed by atoms with Crippen molar-refractivity contribution in [2.24, 2.45) is 0 Å². The fourth-order valence-electron chi connectivity index (χ4n) is 2.00. The highest BCUT2D eigenvalue weighted by atomic mass is 32.2. The summed E-state index contributed by atoms with van der Waals surface area (Å²) in [4.78, 5) is 0. The SMILES string of the molecule is CCNC(c1ccccc1)C(C)S(=O)C(C)C. The van der Waals surface area contributed by atoms with Gasteiger partial charge in [0, 0.05) is 22.1 Å². The van der Waals surface area contributed by atoms with Gasteiger partial charge in [0.1, 0.15) is 0 Å². The van der Waals surface area contributed by atoms with Crippen molar-refractivity contribution in [3.05, 3.63) is 35.9 Å². The van der Waals surface area contributed by atoms with Gasteiger partial charge in [-0.3, -0.25) is 4.21 Å². The topological polar surface area (TPSA) is 29.1 Å². The van der Waals surface area contributed by atoms with Crippen molar-refractivity contribution in [2.45, 2.75) is 44.2 Å². The van der Waals surface area contributed by atoms with Gasteiger partial charge in [0.25, 0.3) is 0 Å². The molecule has 0 heterocycles. The second-order valence-corrected chi connectivity index (χ2v) is 6.87. The van der Waals surface area contributed by atoms with Gasteiger partial charge in [0.05, 0.1) is 5.25 Å². The summed E-state index contributed by atoms with van der Waals surface area (Å²) < 4.78 is 12.2. The summed E-state index contributed by atoms with van der Waals surface area (Å²) in [6.07, 6.45) is 0. The lowest BCUT2D eigenvalue weighted by molar-refractivity contribution is 0.533. The molecule has 0 radical (unpaired) electrons. The third-order valence-corrected chi connectivity index (χ3v) is 4.82. The van der Waals surface area contributed by atoms with Crippen LogP contribution >= 0.6 is 0 Å². The monoisotopic (exact) mass is 253 g/mol. The summed E-state index contributed by atoms with van der Waals surface area (Å²) in [7, 11) is -0.811. The average molecular weight is 253 g/mol. The van der Waals surface area contributed by atoms with Crippen LogP contribution in [0.15, 0.2) is 30.3 Å². The first kappa shape index (κ1) is 14.4. The second-order valence-electron chi connectivity index (χ2n) is 4.53. The normalized spacial score (nSPS) is 16.8. The minimum atomic E-state index is -0.811. The maximum atomic E-state index is 12.2. The molecule has 3 heteroatoms. The fourth-order valence-corrected chi connectivity index (χ4v) is 3.38. The van der Waals surface area contributed by atoms with E-state index in [0.29, 0.717) is 0 Å². The van der Waals surface area contributed by atoms with Gasteiger partial charge in [0.15, 0.2) is 0 Å². The zero-order chi connectivity index (χ0) is 12.8. The molecule has 1 aromatic carbocycles. The van der Waals surface area contributed by atoms with Crippen molar-refractivity contribution >= 4 is 10.8 Å². The van der Waals surface area contributed by atoms with Crippen LogP contribution in [0.2, 0.25) is 0 Å². The first-order valence-corrected chi connectivity index (χ1v) is 7.53. The number of nitrogens with one attached hydrogen (secondary N) is 1. The van der Waals surface area contributed by atoms with E-state index in [9.17, 15) is 4.21 Å². The molecule has 2 nitrogen and oxygen atoms in total. The molecule has 0 fully saturated rings. The molecule has 0 spiro atoms. The van der Waals surface area contributed by atoms with Gasteiger partial charge < -0.3 is 5.32 Å². The van der Waals surface area contributed by atoms with Crippen molar-refractivity contribution in [2.75, 3.05) is 6.54 Å². The second kappa shape index (κ2) is 6.92. The Bertz CT molecular complexity index is 350. The molecule has 1 rings (SSSR count). The maximum Gasteiger partial charge on any atom is 0.0517 e. The predicted octanol–water partition coefficient (Wildman–Crippen LogP) is 2.88. The zero-order valence-corrected chi connectivity index (χ0v) is 12.0. The van der Waals surface area contributed by atoms with Gasteiger partial charge in [-0.05, 0) is 19.0 Å². The molecule has 3 atom stereocenters. The first-order valence-electron chi connectivity index (χ1n) is 6.25. The molecule has 96 valence electrons. The Morgan fingerprint density at radius 2 is 1.76 bits per heavy atom. The summed E-state index contributed by atoms with van der Waals surface area (Å²) in [5, 5.41) is 3.77. The largest absolute Gasteiger partial charge is 0.309 e. The van der Waals surface area contributed by atoms with E-state index < -0.39 is 10.8 Å². The van der Waals surface area contributed by atoms with Gasteiger partial charge in [-0.2, -0.15) is 0 Å². The Morgan fingerprint density at radius 1 is 1.18 bits per heavy atom. The van der Waals surface area contributed by atoms with Crippen LogP contribution in [0, 0.1) is 0 Å². The first-order chi connectivity index (χ1) is 8.07. The van der Waals surface area contributed by atoms with Crippen molar-refractivity contribution in [1.82, 2.24) is 5.32 Å². The van der Waals surface area contributed by atoms with Crippen molar-refractivity contribution < 1.29 is 4.21 Å². The van der Waals surface area contributed by atoms with Crippen LogP contribution in [0.25, 0.3) is 0 Å². The molecule has 0 aliphatic heterocycles. The van der Waals surface area contributed by atoms with Gasteiger partial charge >= 0.3 is 0 Å². The van der Waals surface area contributed by atoms with Crippen LogP contribution < -0.4 is 5.32 Å². The fraction of sp³-hybridized carbons (Fsp3) is 0.571. The molecule has 1 aromatic rings. The molecule has 1 N–H and O–H groups in total. The molecular formula is C14H23NOS. The highest BCUT2D eigenvalue weighted by Gasteiger charge is 2.24. The highest BCUT2D eigenvalue weighted by molar-refractivity contribution is 7.86. The molecule has 0 bridgehead atoms. The molecule has 0 aliphatic carbocycles. The van der Waals surface area contributed by atoms with E-state index in [2.05, 4.69) is 31.3 Å². The summed E-state index contributed by atoms with van der Waals surface area (Å²) in [6, 6.07) is 10.4. The third kappa shape index (κ3) is 3.93. The zero-order valence-electron chi connectivity index (χ0n) is 11.1. The summed E-state index contributed by atoms with van der Waals surface area (Å²) >= 11 is 0. The van der Waals surface area contributed by atoms with Crippen LogP contribution in [-0.2, 0) is 10.8 Å². The molecule has 0 amide bonds. The van der Waals surface area contributed by atoms with Crippen LogP contribution in [0.1, 0.15) is 39.3 Å². The molecule has 0 aliphatic rings. The van der Waals surface area contributed by atoms with E-state index in [1.807, 2.05) is 32.0 Å². The van der Waals surface area contributed by atoms with E-state index in [-0.39, 0.29) is 16.5 Å². The number of rotatable bonds is 6. The Labute approximate surface area is 107 Å². The van der Waals surface area contributed by atoms with Crippen LogP contribution in [-0.4, -0.2) is 21.3 Å². The number of benzene rings is 1. The highest BCUT2D eigenvalue weighted by Crippen LogP contribution is 2.22. The van der Waals surface area contributed by atoms with E-state index >= 15 is 0 Å². The molecule has 3 unspecified atom stereocenters. The Balaban J connectivity index is 2.90. The average Bonchev–Trinajstić information content (AvgIpc) is 2.35. The van der Waals surface area contributed by atoms with E-state index in [0.717, 1.165) is 6.54 Å². The Kier molecular flexibility index (Phi) is 5.86. The molecule has 0 aromatic heterocycles. The van der Waals surface area contributed by atoms with Crippen molar-refractivity contribution in [1.29, 1.82) is 0 Å². The number of hydrogen-bond acceptors (Lipinski definition) is 2. The quantitative estimate of drug-likeness (QED) is 0.844. The van der Waals surface area contributed by atoms with Crippen LogP contribution in [0.4, 0.5) is 0 Å². The van der Waals surface area contributed by atoms with Crippen molar-refractivity contribution in [3.8, 4) is 0 Å². The smallest absolute Gasteiger partial charge is 0.0517 e. The summed E-state index contributed by atoms with van der Waals surface area (Å²) in [5.41, 5.74) is 1.22. The standard InChI is InChI=1S/C14H23NOS/c1-5-15-14(12(4)17(16)11(2)3)13-9-7-6-8-10-13/h6-12,14-15H,5H2,1-4H3. The lowest BCUT2D eigenvalue weighted by Crippen LogP contribution is -2.35. The lowest BCUT2D eigenvalue weighted by Gasteiger charge is -2.26. The van der Waals surface area contributed by atoms with Gasteiger partial charge in [0.2, 0.25) is 0 Å².